The molecule has 10 heteroatoms. The molecule has 0 aliphatic heterocycles. The Morgan fingerprint density at radius 1 is 0.432 bits per heavy atom. The number of esters is 1. The molecular weight excluding hydrogens is 1020 g/mol. The van der Waals surface area contributed by atoms with Crippen LogP contribution in [0.2, 0.25) is 0 Å². The molecule has 0 heterocycles. The molecule has 81 heavy (non-hydrogen) atoms. The van der Waals surface area contributed by atoms with Crippen LogP contribution in [0.15, 0.2) is 85.1 Å². The topological polar surface area (TPSA) is 111 Å². The third-order valence-corrected chi connectivity index (χ3v) is 15.8. The number of allylic oxidation sites excluding steroid dienone is 13. The highest BCUT2D eigenvalue weighted by molar-refractivity contribution is 7.47. The van der Waals surface area contributed by atoms with Crippen LogP contribution < -0.4 is 5.32 Å². The van der Waals surface area contributed by atoms with Gasteiger partial charge in [0.1, 0.15) is 19.3 Å². The Hall–Kier alpha value is -2.81. The Morgan fingerprint density at radius 2 is 0.753 bits per heavy atom. The number of likely N-dealkylation sites (N-methyl/N-ethyl adjacent to an activating group) is 1. The smallest absolute Gasteiger partial charge is 0.456 e. The number of amides is 1. The van der Waals surface area contributed by atoms with E-state index in [1.54, 1.807) is 0 Å². The minimum atomic E-state index is -4.46. The fraction of sp³-hybridized carbons (Fsp3) is 0.775. The molecule has 0 aromatic rings. The second-order valence-electron chi connectivity index (χ2n) is 24.0. The molecule has 470 valence electrons. The number of rotatable bonds is 61. The van der Waals surface area contributed by atoms with Gasteiger partial charge in [-0.05, 0) is 109 Å². The third-order valence-electron chi connectivity index (χ3n) is 14.8. The van der Waals surface area contributed by atoms with Crippen molar-refractivity contribution >= 4 is 19.7 Å². The van der Waals surface area contributed by atoms with Gasteiger partial charge in [0.05, 0.1) is 33.8 Å². The van der Waals surface area contributed by atoms with E-state index in [0.717, 1.165) is 83.5 Å². The first-order valence-corrected chi connectivity index (χ1v) is 35.4. The summed E-state index contributed by atoms with van der Waals surface area (Å²) in [6, 6.07) is -0.865. The van der Waals surface area contributed by atoms with Crippen LogP contribution in [-0.2, 0) is 27.9 Å². The van der Waals surface area contributed by atoms with E-state index >= 15 is 0 Å². The molecule has 0 spiro atoms. The van der Waals surface area contributed by atoms with Gasteiger partial charge in [-0.25, -0.2) is 4.57 Å². The monoisotopic (exact) mass is 1150 g/mol. The highest BCUT2D eigenvalue weighted by atomic mass is 31.2. The standard InChI is InChI=1S/C71H129N2O7P/c1-7-10-13-16-19-22-25-27-29-31-33-34-35-36-37-38-40-41-43-45-48-51-54-57-60-63-70(74)72-68(67-79-81(76,77)78-66-65-73(4,5)6)69(62-59-56-53-50-47-24-21-18-15-12-9-3)80-71(75)64-61-58-55-52-49-46-44-42-39-32-30-28-26-23-20-17-14-11-8-2/h19-20,22-23,27-30,39,42,46,49,59,62,68-69H,7-18,21,24-26,31-38,40-41,43-45,47-48,50-58,60-61,63-67H2,1-6H3,(H-,72,74,76,77)/p+1/b22-19-,23-20-,29-27-,30-28-,42-39-,49-46-,62-59-. The summed E-state index contributed by atoms with van der Waals surface area (Å²) in [6.07, 6.45) is 80.2. The number of hydrogen-bond donors (Lipinski definition) is 2. The summed E-state index contributed by atoms with van der Waals surface area (Å²) in [6.45, 7) is 6.95. The normalized spacial score (nSPS) is 14.1. The van der Waals surface area contributed by atoms with E-state index in [4.69, 9.17) is 13.8 Å². The van der Waals surface area contributed by atoms with E-state index < -0.39 is 20.0 Å². The first kappa shape index (κ1) is 78.2. The molecule has 0 saturated carbocycles. The van der Waals surface area contributed by atoms with E-state index in [9.17, 15) is 19.0 Å². The molecule has 2 N–H and O–H groups in total. The highest BCUT2D eigenvalue weighted by Gasteiger charge is 2.30. The van der Waals surface area contributed by atoms with Crippen molar-refractivity contribution in [2.24, 2.45) is 0 Å². The number of nitrogens with zero attached hydrogens (tertiary/aromatic N) is 1. The Balaban J connectivity index is 5.11. The van der Waals surface area contributed by atoms with Gasteiger partial charge >= 0.3 is 13.8 Å². The van der Waals surface area contributed by atoms with Crippen molar-refractivity contribution in [1.82, 2.24) is 5.32 Å². The molecule has 0 fully saturated rings. The van der Waals surface area contributed by atoms with Gasteiger partial charge in [0.25, 0.3) is 0 Å². The summed E-state index contributed by atoms with van der Waals surface area (Å²) in [5, 5.41) is 3.06. The minimum absolute atomic E-state index is 0.0325. The molecule has 0 aromatic carbocycles. The number of hydrogen-bond acceptors (Lipinski definition) is 6. The van der Waals surface area contributed by atoms with Crippen LogP contribution in [0, 0.1) is 0 Å². The second kappa shape index (κ2) is 60.3. The van der Waals surface area contributed by atoms with Crippen LogP contribution in [0.5, 0.6) is 0 Å². The molecule has 0 bridgehead atoms. The Kier molecular flexibility index (Phi) is 58.2. The predicted octanol–water partition coefficient (Wildman–Crippen LogP) is 21.3. The molecule has 9 nitrogen and oxygen atoms in total. The number of phosphoric ester groups is 1. The zero-order chi connectivity index (χ0) is 59.3. The van der Waals surface area contributed by atoms with E-state index in [-0.39, 0.29) is 31.5 Å². The van der Waals surface area contributed by atoms with Crippen molar-refractivity contribution in [3.8, 4) is 0 Å². The molecular formula is C71H130N2O7P+. The van der Waals surface area contributed by atoms with E-state index in [2.05, 4.69) is 99.0 Å². The molecule has 3 unspecified atom stereocenters. The summed E-state index contributed by atoms with van der Waals surface area (Å²) in [7, 11) is 1.48. The molecule has 0 aliphatic rings. The van der Waals surface area contributed by atoms with Gasteiger partial charge < -0.3 is 19.4 Å². The first-order chi connectivity index (χ1) is 39.4. The Bertz CT molecular complexity index is 1660. The molecule has 3 atom stereocenters. The van der Waals surface area contributed by atoms with Crippen molar-refractivity contribution in [1.29, 1.82) is 0 Å². The number of unbranched alkanes of at least 4 members (excludes halogenated alkanes) is 33. The fourth-order valence-corrected chi connectivity index (χ4v) is 10.3. The van der Waals surface area contributed by atoms with Crippen LogP contribution in [0.3, 0.4) is 0 Å². The maximum Gasteiger partial charge on any atom is 0.472 e. The number of quaternary nitrogens is 1. The van der Waals surface area contributed by atoms with Gasteiger partial charge in [-0.1, -0.05) is 267 Å². The Labute approximate surface area is 501 Å². The van der Waals surface area contributed by atoms with Crippen LogP contribution in [0.4, 0.5) is 0 Å². The van der Waals surface area contributed by atoms with E-state index in [1.807, 2.05) is 33.3 Å². The molecule has 0 radical (unpaired) electrons. The van der Waals surface area contributed by atoms with E-state index in [0.29, 0.717) is 23.9 Å². The zero-order valence-corrected chi connectivity index (χ0v) is 54.7. The number of carbonyl (C=O) groups is 2. The zero-order valence-electron chi connectivity index (χ0n) is 53.8. The van der Waals surface area contributed by atoms with Crippen LogP contribution in [-0.4, -0.2) is 74.3 Å². The van der Waals surface area contributed by atoms with Crippen LogP contribution >= 0.6 is 7.82 Å². The van der Waals surface area contributed by atoms with Gasteiger partial charge in [-0.3, -0.25) is 18.6 Å². The van der Waals surface area contributed by atoms with Crippen molar-refractivity contribution < 1.29 is 37.3 Å². The summed E-state index contributed by atoms with van der Waals surface area (Å²) < 4.78 is 30.7. The average molecular weight is 1150 g/mol. The van der Waals surface area contributed by atoms with Crippen molar-refractivity contribution in [3.63, 3.8) is 0 Å². The van der Waals surface area contributed by atoms with Crippen LogP contribution in [0.1, 0.15) is 303 Å². The molecule has 0 saturated heterocycles. The minimum Gasteiger partial charge on any atom is -0.456 e. The second-order valence-corrected chi connectivity index (χ2v) is 25.4. The quantitative estimate of drug-likeness (QED) is 0.0205. The first-order valence-electron chi connectivity index (χ1n) is 33.9. The average Bonchev–Trinajstić information content (AvgIpc) is 3.44. The van der Waals surface area contributed by atoms with Gasteiger partial charge in [0, 0.05) is 12.8 Å². The fourth-order valence-electron chi connectivity index (χ4n) is 9.54. The highest BCUT2D eigenvalue weighted by Crippen LogP contribution is 2.43. The largest absolute Gasteiger partial charge is 0.472 e. The number of phosphoric acid groups is 1. The molecule has 0 aromatic heterocycles. The lowest BCUT2D eigenvalue weighted by atomic mass is 10.0. The predicted molar refractivity (Wildman–Crippen MR) is 351 cm³/mol. The van der Waals surface area contributed by atoms with Crippen molar-refractivity contribution in [2.75, 3.05) is 40.9 Å². The lowest BCUT2D eigenvalue weighted by Gasteiger charge is -2.27. The molecule has 0 rings (SSSR count). The van der Waals surface area contributed by atoms with Gasteiger partial charge in [0.15, 0.2) is 0 Å². The van der Waals surface area contributed by atoms with E-state index in [1.165, 1.54) is 180 Å². The molecule has 1 amide bonds. The lowest BCUT2D eigenvalue weighted by molar-refractivity contribution is -0.870. The third kappa shape index (κ3) is 61.6. The van der Waals surface area contributed by atoms with Crippen LogP contribution in [0.25, 0.3) is 0 Å². The van der Waals surface area contributed by atoms with Gasteiger partial charge in [-0.2, -0.15) is 0 Å². The summed E-state index contributed by atoms with van der Waals surface area (Å²) in [5.41, 5.74) is 0. The lowest BCUT2D eigenvalue weighted by Crippen LogP contribution is -2.47. The molecule has 0 aliphatic carbocycles. The number of nitrogens with one attached hydrogen (secondary N) is 1. The van der Waals surface area contributed by atoms with Gasteiger partial charge in [0.2, 0.25) is 5.91 Å². The Morgan fingerprint density at radius 3 is 1.16 bits per heavy atom. The van der Waals surface area contributed by atoms with Crippen molar-refractivity contribution in [3.05, 3.63) is 85.1 Å². The summed E-state index contributed by atoms with van der Waals surface area (Å²) in [5.74, 6) is -0.537. The SMILES string of the molecule is CCCCC/C=C\C/C=C\C/C=C\C/C=C\CCCCCC(=O)OC(/C=C\CCCCCCCCCCC)C(COP(=O)(O)OCC[N+](C)(C)C)NC(=O)CCCCCCCCCCCCCCCCC/C=C\C/C=C\CCCCC. The number of carbonyl (C=O) groups excluding carboxylic acids is 2. The number of ether oxygens (including phenoxy) is 1. The summed E-state index contributed by atoms with van der Waals surface area (Å²) >= 11 is 0. The summed E-state index contributed by atoms with van der Waals surface area (Å²) in [4.78, 5) is 37.8. The van der Waals surface area contributed by atoms with Gasteiger partial charge in [-0.15, -0.1) is 0 Å². The maximum atomic E-state index is 13.6. The van der Waals surface area contributed by atoms with Crippen molar-refractivity contribution in [2.45, 2.75) is 315 Å². The maximum absolute atomic E-state index is 13.6.